The van der Waals surface area contributed by atoms with Crippen LogP contribution in [0, 0.1) is 17.0 Å². The first kappa shape index (κ1) is 25.4. The summed E-state index contributed by atoms with van der Waals surface area (Å²) in [4.78, 5) is 15.7. The van der Waals surface area contributed by atoms with Gasteiger partial charge in [-0.2, -0.15) is 8.42 Å². The molecule has 0 aliphatic heterocycles. The van der Waals surface area contributed by atoms with Crippen molar-refractivity contribution in [3.63, 3.8) is 0 Å². The van der Waals surface area contributed by atoms with Crippen molar-refractivity contribution < 1.29 is 36.3 Å². The first-order chi connectivity index (χ1) is 15.8. The number of nitrogens with zero attached hydrogens (tertiary/aromatic N) is 2. The molecular weight excluding hydrogens is 472 g/mol. The number of carbonyl (C=O) groups excluding carboxylic acids is 1. The van der Waals surface area contributed by atoms with Crippen LogP contribution < -0.4 is 5.32 Å². The molecule has 3 rings (SSSR count). The summed E-state index contributed by atoms with van der Waals surface area (Å²) in [5.41, 5.74) is -1.79. The number of amides is 1. The molecule has 0 fully saturated rings. The normalized spacial score (nSPS) is 14.0. The van der Waals surface area contributed by atoms with Gasteiger partial charge in [-0.1, -0.05) is 20.8 Å². The fraction of sp³-hybridized carbons (Fsp3) is 0.364. The van der Waals surface area contributed by atoms with Gasteiger partial charge < -0.3 is 19.6 Å². The average Bonchev–Trinajstić information content (AvgIpc) is 3.37. The van der Waals surface area contributed by atoms with Gasteiger partial charge in [0.25, 0.3) is 0 Å². The maximum absolute atomic E-state index is 15.9. The number of hydrogen-bond donors (Lipinski definition) is 2. The minimum Gasteiger partial charge on any atom is -0.445 e. The van der Waals surface area contributed by atoms with Crippen LogP contribution in [0.3, 0.4) is 0 Å². The predicted octanol–water partition coefficient (Wildman–Crippen LogP) is 4.15. The highest BCUT2D eigenvalue weighted by molar-refractivity contribution is 7.89. The third-order valence-corrected chi connectivity index (χ3v) is 6.48. The number of pyridine rings is 1. The van der Waals surface area contributed by atoms with Crippen molar-refractivity contribution in [3.8, 4) is 11.3 Å². The van der Waals surface area contributed by atoms with Gasteiger partial charge in [0, 0.05) is 36.0 Å². The Bertz CT molecular complexity index is 1310. The minimum atomic E-state index is -4.57. The summed E-state index contributed by atoms with van der Waals surface area (Å²) in [6, 6.07) is 3.31. The number of ether oxygens (including phenoxy) is 1. The maximum Gasteiger partial charge on any atom is 0.407 e. The van der Waals surface area contributed by atoms with Crippen LogP contribution in [0.2, 0.25) is 0 Å². The second-order valence-electron chi connectivity index (χ2n) is 8.67. The Kier molecular flexibility index (Phi) is 6.85. The summed E-state index contributed by atoms with van der Waals surface area (Å²) < 4.78 is 68.0. The zero-order chi connectivity index (χ0) is 25.4. The van der Waals surface area contributed by atoms with E-state index >= 15 is 4.39 Å². The van der Waals surface area contributed by atoms with E-state index in [9.17, 15) is 22.7 Å². The second-order valence-corrected chi connectivity index (χ2v) is 10.4. The molecule has 3 heterocycles. The molecule has 0 radical (unpaired) electrons. The number of hydrogen-bond acceptors (Lipinski definition) is 7. The van der Waals surface area contributed by atoms with E-state index in [4.69, 9.17) is 9.15 Å². The lowest BCUT2D eigenvalue weighted by molar-refractivity contribution is 0.0294. The first-order valence-corrected chi connectivity index (χ1v) is 11.6. The average molecular weight is 498 g/mol. The van der Waals surface area contributed by atoms with Gasteiger partial charge in [0.15, 0.2) is 5.82 Å². The SMILES string of the molecule is CNC(=O)OC(c1cn(S(=O)(=O)c2ccc(C(C)O)o2)c(-c2cncc(F)c2)c1F)C(C)(C)C. The molecule has 34 heavy (non-hydrogen) atoms. The third kappa shape index (κ3) is 4.82. The van der Waals surface area contributed by atoms with E-state index in [-0.39, 0.29) is 16.9 Å². The molecule has 9 nitrogen and oxygen atoms in total. The van der Waals surface area contributed by atoms with Crippen LogP contribution >= 0.6 is 0 Å². The number of nitrogens with one attached hydrogen (secondary N) is 1. The molecule has 0 saturated heterocycles. The summed E-state index contributed by atoms with van der Waals surface area (Å²) in [6.45, 7) is 6.42. The Balaban J connectivity index is 2.31. The lowest BCUT2D eigenvalue weighted by Gasteiger charge is -2.29. The molecule has 2 atom stereocenters. The largest absolute Gasteiger partial charge is 0.445 e. The zero-order valence-corrected chi connectivity index (χ0v) is 20.0. The highest BCUT2D eigenvalue weighted by Gasteiger charge is 2.38. The number of halogens is 2. The number of carbonyl (C=O) groups is 1. The van der Waals surface area contributed by atoms with Gasteiger partial charge in [0.05, 0.1) is 6.20 Å². The number of rotatable bonds is 6. The number of alkyl carbamates (subject to hydrolysis) is 1. The first-order valence-electron chi connectivity index (χ1n) is 10.2. The van der Waals surface area contributed by atoms with Crippen molar-refractivity contribution >= 4 is 16.1 Å². The van der Waals surface area contributed by atoms with E-state index in [1.54, 1.807) is 20.8 Å². The van der Waals surface area contributed by atoms with Gasteiger partial charge >= 0.3 is 16.1 Å². The van der Waals surface area contributed by atoms with E-state index in [0.717, 1.165) is 30.7 Å². The lowest BCUT2D eigenvalue weighted by Crippen LogP contribution is -2.29. The summed E-state index contributed by atoms with van der Waals surface area (Å²) in [7, 11) is -3.24. The Morgan fingerprint density at radius 3 is 2.47 bits per heavy atom. The molecule has 0 spiro atoms. The standard InChI is InChI=1S/C22H25F2N3O6S/c1-12(28)16-6-7-17(32-16)34(30,31)27-11-15(20(22(2,3)4)33-21(29)25-5)18(24)19(27)13-8-14(23)10-26-9-13/h6-12,20,28H,1-5H3,(H,25,29). The molecule has 2 N–H and O–H groups in total. The van der Waals surface area contributed by atoms with Crippen LogP contribution in [0.1, 0.15) is 51.2 Å². The predicted molar refractivity (Wildman–Crippen MR) is 117 cm³/mol. The zero-order valence-electron chi connectivity index (χ0n) is 19.2. The molecule has 184 valence electrons. The highest BCUT2D eigenvalue weighted by Crippen LogP contribution is 2.42. The molecular formula is C22H25F2N3O6S. The quantitative estimate of drug-likeness (QED) is 0.524. The number of furan rings is 1. The molecule has 0 aliphatic carbocycles. The van der Waals surface area contributed by atoms with Crippen molar-refractivity contribution in [1.29, 1.82) is 0 Å². The number of aromatic nitrogens is 2. The van der Waals surface area contributed by atoms with Crippen LogP contribution in [-0.4, -0.2) is 35.6 Å². The molecule has 1 amide bonds. The van der Waals surface area contributed by atoms with Gasteiger partial charge in [0.2, 0.25) is 5.09 Å². The van der Waals surface area contributed by atoms with Crippen LogP contribution in [-0.2, 0) is 14.8 Å². The van der Waals surface area contributed by atoms with Crippen LogP contribution in [0.4, 0.5) is 13.6 Å². The van der Waals surface area contributed by atoms with Crippen LogP contribution in [0.25, 0.3) is 11.3 Å². The molecule has 2 unspecified atom stereocenters. The fourth-order valence-corrected chi connectivity index (χ4v) is 4.63. The van der Waals surface area contributed by atoms with Gasteiger partial charge in [-0.25, -0.2) is 17.5 Å². The smallest absolute Gasteiger partial charge is 0.407 e. The summed E-state index contributed by atoms with van der Waals surface area (Å²) in [5, 5.41) is 11.4. The molecule has 0 aliphatic rings. The van der Waals surface area contributed by atoms with E-state index in [2.05, 4.69) is 10.3 Å². The van der Waals surface area contributed by atoms with Gasteiger partial charge in [-0.05, 0) is 25.1 Å². The maximum atomic E-state index is 15.9. The fourth-order valence-electron chi connectivity index (χ4n) is 3.32. The van der Waals surface area contributed by atoms with Crippen molar-refractivity contribution in [1.82, 2.24) is 14.3 Å². The Labute approximate surface area is 195 Å². The summed E-state index contributed by atoms with van der Waals surface area (Å²) >= 11 is 0. The van der Waals surface area contributed by atoms with Crippen molar-refractivity contribution in [2.75, 3.05) is 7.05 Å². The second kappa shape index (κ2) is 9.18. The number of aliphatic hydroxyl groups excluding tert-OH is 1. The van der Waals surface area contributed by atoms with Crippen molar-refractivity contribution in [3.05, 3.63) is 59.7 Å². The molecule has 0 saturated carbocycles. The van der Waals surface area contributed by atoms with E-state index in [0.29, 0.717) is 3.97 Å². The van der Waals surface area contributed by atoms with E-state index < -0.39 is 56.2 Å². The molecule has 12 heteroatoms. The highest BCUT2D eigenvalue weighted by atomic mass is 32.2. The van der Waals surface area contributed by atoms with Crippen molar-refractivity contribution in [2.45, 2.75) is 45.0 Å². The van der Waals surface area contributed by atoms with E-state index in [1.165, 1.54) is 20.0 Å². The summed E-state index contributed by atoms with van der Waals surface area (Å²) in [5.74, 6) is -1.87. The van der Waals surface area contributed by atoms with Gasteiger partial charge in [0.1, 0.15) is 29.5 Å². The minimum absolute atomic E-state index is 0.0177. The van der Waals surface area contributed by atoms with Crippen LogP contribution in [0.15, 0.2) is 46.3 Å². The van der Waals surface area contributed by atoms with Crippen molar-refractivity contribution in [2.24, 2.45) is 5.41 Å². The Hall–Kier alpha value is -3.25. The third-order valence-electron chi connectivity index (χ3n) is 4.94. The topological polar surface area (TPSA) is 124 Å². The molecule has 3 aromatic heterocycles. The number of aliphatic hydroxyl groups is 1. The molecule has 0 bridgehead atoms. The summed E-state index contributed by atoms with van der Waals surface area (Å²) in [6.07, 6.45) is -0.192. The molecule has 0 aromatic carbocycles. The van der Waals surface area contributed by atoms with Crippen LogP contribution in [0.5, 0.6) is 0 Å². The Morgan fingerprint density at radius 2 is 1.94 bits per heavy atom. The molecule has 3 aromatic rings. The van der Waals surface area contributed by atoms with Gasteiger partial charge in [-0.3, -0.25) is 4.98 Å². The van der Waals surface area contributed by atoms with E-state index in [1.807, 2.05) is 0 Å². The lowest BCUT2D eigenvalue weighted by atomic mass is 9.85. The Morgan fingerprint density at radius 1 is 1.26 bits per heavy atom. The monoisotopic (exact) mass is 497 g/mol. The van der Waals surface area contributed by atoms with Gasteiger partial charge in [-0.15, -0.1) is 0 Å².